The van der Waals surface area contributed by atoms with E-state index in [1.807, 2.05) is 43.0 Å². The predicted molar refractivity (Wildman–Crippen MR) is 89.1 cm³/mol. The zero-order valence-corrected chi connectivity index (χ0v) is 14.0. The summed E-state index contributed by atoms with van der Waals surface area (Å²) in [6.45, 7) is 9.77. The van der Waals surface area contributed by atoms with Crippen LogP contribution in [0.3, 0.4) is 0 Å². The van der Waals surface area contributed by atoms with Gasteiger partial charge in [-0.05, 0) is 57.8 Å². The maximum atomic E-state index is 12.5. The van der Waals surface area contributed by atoms with E-state index in [4.69, 9.17) is 4.74 Å². The van der Waals surface area contributed by atoms with Crippen molar-refractivity contribution >= 4 is 5.91 Å². The summed E-state index contributed by atoms with van der Waals surface area (Å²) in [5, 5.41) is 3.39. The van der Waals surface area contributed by atoms with E-state index in [1.54, 1.807) is 0 Å². The summed E-state index contributed by atoms with van der Waals surface area (Å²) >= 11 is 0. The van der Waals surface area contributed by atoms with Crippen LogP contribution in [0.4, 0.5) is 0 Å². The Morgan fingerprint density at radius 2 is 1.95 bits per heavy atom. The Kier molecular flexibility index (Phi) is 6.25. The molecule has 4 nitrogen and oxygen atoms in total. The molecule has 0 radical (unpaired) electrons. The number of ether oxygens (including phenoxy) is 1. The number of amides is 1. The molecule has 1 amide bonds. The van der Waals surface area contributed by atoms with Crippen molar-refractivity contribution in [1.82, 2.24) is 10.2 Å². The number of hydrogen-bond donors (Lipinski definition) is 1. The van der Waals surface area contributed by atoms with Gasteiger partial charge in [-0.15, -0.1) is 0 Å². The van der Waals surface area contributed by atoms with Gasteiger partial charge in [0.1, 0.15) is 5.75 Å². The topological polar surface area (TPSA) is 41.6 Å². The molecule has 122 valence electrons. The van der Waals surface area contributed by atoms with Gasteiger partial charge in [0.25, 0.3) is 5.91 Å². The maximum Gasteiger partial charge on any atom is 0.263 e. The molecule has 1 atom stereocenters. The lowest BCUT2D eigenvalue weighted by Gasteiger charge is -2.33. The van der Waals surface area contributed by atoms with Crippen LogP contribution in [0.25, 0.3) is 0 Å². The standard InChI is InChI=1S/C18H28N2O2/c1-4-19-13-16-9-11-20(12-10-16)18(21)15(3)22-17-7-5-14(2)6-8-17/h5-8,15-16,19H,4,9-13H2,1-3H3. The maximum absolute atomic E-state index is 12.5. The van der Waals surface area contributed by atoms with E-state index < -0.39 is 6.10 Å². The van der Waals surface area contributed by atoms with Crippen molar-refractivity contribution in [3.63, 3.8) is 0 Å². The second kappa shape index (κ2) is 8.18. The minimum atomic E-state index is -0.423. The van der Waals surface area contributed by atoms with Crippen LogP contribution in [0.15, 0.2) is 24.3 Å². The second-order valence-corrected chi connectivity index (χ2v) is 6.15. The molecular weight excluding hydrogens is 276 g/mol. The van der Waals surface area contributed by atoms with Gasteiger partial charge in [-0.25, -0.2) is 0 Å². The van der Waals surface area contributed by atoms with E-state index >= 15 is 0 Å². The van der Waals surface area contributed by atoms with Crippen molar-refractivity contribution in [2.24, 2.45) is 5.92 Å². The van der Waals surface area contributed by atoms with Gasteiger partial charge in [0.05, 0.1) is 0 Å². The molecule has 1 heterocycles. The number of hydrogen-bond acceptors (Lipinski definition) is 3. The first-order valence-corrected chi connectivity index (χ1v) is 8.33. The van der Waals surface area contributed by atoms with Gasteiger partial charge < -0.3 is 15.0 Å². The summed E-state index contributed by atoms with van der Waals surface area (Å²) in [5.74, 6) is 1.55. The highest BCUT2D eigenvalue weighted by Crippen LogP contribution is 2.19. The van der Waals surface area contributed by atoms with Crippen LogP contribution in [-0.2, 0) is 4.79 Å². The average molecular weight is 304 g/mol. The smallest absolute Gasteiger partial charge is 0.263 e. The fourth-order valence-corrected chi connectivity index (χ4v) is 2.83. The summed E-state index contributed by atoms with van der Waals surface area (Å²) < 4.78 is 5.77. The minimum absolute atomic E-state index is 0.0995. The third kappa shape index (κ3) is 4.73. The zero-order valence-electron chi connectivity index (χ0n) is 14.0. The Balaban J connectivity index is 1.80. The van der Waals surface area contributed by atoms with Crippen LogP contribution in [0.2, 0.25) is 0 Å². The van der Waals surface area contributed by atoms with Crippen LogP contribution in [0, 0.1) is 12.8 Å². The van der Waals surface area contributed by atoms with E-state index in [0.29, 0.717) is 5.92 Å². The SMILES string of the molecule is CCNCC1CCN(C(=O)C(C)Oc2ccc(C)cc2)CC1. The van der Waals surface area contributed by atoms with Crippen molar-refractivity contribution in [3.8, 4) is 5.75 Å². The molecule has 4 heteroatoms. The van der Waals surface area contributed by atoms with Crippen molar-refractivity contribution in [3.05, 3.63) is 29.8 Å². The van der Waals surface area contributed by atoms with Gasteiger partial charge >= 0.3 is 0 Å². The fraction of sp³-hybridized carbons (Fsp3) is 0.611. The van der Waals surface area contributed by atoms with Crippen molar-refractivity contribution in [2.45, 2.75) is 39.7 Å². The Morgan fingerprint density at radius 1 is 1.32 bits per heavy atom. The lowest BCUT2D eigenvalue weighted by molar-refractivity contribution is -0.139. The van der Waals surface area contributed by atoms with Crippen LogP contribution in [-0.4, -0.2) is 43.1 Å². The molecule has 1 fully saturated rings. The fourth-order valence-electron chi connectivity index (χ4n) is 2.83. The first-order valence-electron chi connectivity index (χ1n) is 8.33. The summed E-state index contributed by atoms with van der Waals surface area (Å²) in [6.07, 6.45) is 1.74. The number of carbonyl (C=O) groups excluding carboxylic acids is 1. The molecule has 2 rings (SSSR count). The van der Waals surface area contributed by atoms with Gasteiger partial charge in [-0.1, -0.05) is 24.6 Å². The molecule has 0 spiro atoms. The first kappa shape index (κ1) is 16.8. The molecular formula is C18H28N2O2. The van der Waals surface area contributed by atoms with Gasteiger partial charge in [-0.2, -0.15) is 0 Å². The number of aryl methyl sites for hydroxylation is 1. The Morgan fingerprint density at radius 3 is 2.55 bits per heavy atom. The average Bonchev–Trinajstić information content (AvgIpc) is 2.55. The largest absolute Gasteiger partial charge is 0.481 e. The molecule has 0 aliphatic carbocycles. The molecule has 1 aliphatic rings. The number of piperidine rings is 1. The first-order chi connectivity index (χ1) is 10.6. The zero-order chi connectivity index (χ0) is 15.9. The monoisotopic (exact) mass is 304 g/mol. The minimum Gasteiger partial charge on any atom is -0.481 e. The van der Waals surface area contributed by atoms with Crippen molar-refractivity contribution in [1.29, 1.82) is 0 Å². The molecule has 0 bridgehead atoms. The molecule has 0 saturated carbocycles. The summed E-state index contributed by atoms with van der Waals surface area (Å²) in [4.78, 5) is 14.4. The van der Waals surface area contributed by atoms with Gasteiger partial charge in [-0.3, -0.25) is 4.79 Å². The van der Waals surface area contributed by atoms with Crippen molar-refractivity contribution in [2.75, 3.05) is 26.2 Å². The highest BCUT2D eigenvalue weighted by Gasteiger charge is 2.26. The molecule has 1 aromatic carbocycles. The number of likely N-dealkylation sites (tertiary alicyclic amines) is 1. The van der Waals surface area contributed by atoms with E-state index in [1.165, 1.54) is 5.56 Å². The quantitative estimate of drug-likeness (QED) is 0.878. The molecule has 1 saturated heterocycles. The molecule has 1 aromatic rings. The molecule has 1 N–H and O–H groups in total. The van der Waals surface area contributed by atoms with Crippen LogP contribution in [0.5, 0.6) is 5.75 Å². The Bertz CT molecular complexity index is 464. The third-order valence-corrected chi connectivity index (χ3v) is 4.29. The Hall–Kier alpha value is -1.55. The van der Waals surface area contributed by atoms with Crippen LogP contribution >= 0.6 is 0 Å². The highest BCUT2D eigenvalue weighted by atomic mass is 16.5. The molecule has 1 unspecified atom stereocenters. The lowest BCUT2D eigenvalue weighted by Crippen LogP contribution is -2.45. The normalized spacial score (nSPS) is 17.3. The van der Waals surface area contributed by atoms with E-state index in [-0.39, 0.29) is 5.91 Å². The van der Waals surface area contributed by atoms with E-state index in [9.17, 15) is 4.79 Å². The highest BCUT2D eigenvalue weighted by molar-refractivity contribution is 5.81. The van der Waals surface area contributed by atoms with Crippen LogP contribution < -0.4 is 10.1 Å². The molecule has 0 aromatic heterocycles. The summed E-state index contributed by atoms with van der Waals surface area (Å²) in [7, 11) is 0. The second-order valence-electron chi connectivity index (χ2n) is 6.15. The summed E-state index contributed by atoms with van der Waals surface area (Å²) in [6, 6.07) is 7.83. The van der Waals surface area contributed by atoms with Gasteiger partial charge in [0.15, 0.2) is 6.10 Å². The summed E-state index contributed by atoms with van der Waals surface area (Å²) in [5.41, 5.74) is 1.19. The van der Waals surface area contributed by atoms with Gasteiger partial charge in [0.2, 0.25) is 0 Å². The predicted octanol–water partition coefficient (Wildman–Crippen LogP) is 2.61. The number of nitrogens with one attached hydrogen (secondary N) is 1. The van der Waals surface area contributed by atoms with Crippen molar-refractivity contribution < 1.29 is 9.53 Å². The molecule has 1 aliphatic heterocycles. The lowest BCUT2D eigenvalue weighted by atomic mass is 9.96. The number of benzene rings is 1. The third-order valence-electron chi connectivity index (χ3n) is 4.29. The van der Waals surface area contributed by atoms with Gasteiger partial charge in [0, 0.05) is 13.1 Å². The molecule has 22 heavy (non-hydrogen) atoms. The van der Waals surface area contributed by atoms with E-state index in [2.05, 4.69) is 12.2 Å². The number of carbonyl (C=O) groups is 1. The van der Waals surface area contributed by atoms with Crippen LogP contribution in [0.1, 0.15) is 32.3 Å². The number of nitrogens with zero attached hydrogens (tertiary/aromatic N) is 1. The van der Waals surface area contributed by atoms with E-state index in [0.717, 1.165) is 44.8 Å². The number of rotatable bonds is 6. The Labute approximate surface area is 133 Å².